The quantitative estimate of drug-likeness (QED) is 0.0112. The fourth-order valence-corrected chi connectivity index (χ4v) is 22.4. The molecule has 6 amide bonds. The van der Waals surface area contributed by atoms with E-state index < -0.39 is 82.7 Å². The molecule has 11 aromatic carbocycles. The third-order valence-corrected chi connectivity index (χ3v) is 33.6. The molecule has 700 valence electrons. The minimum absolute atomic E-state index is 0.0258. The summed E-state index contributed by atoms with van der Waals surface area (Å²) in [6, 6.07) is 44.0. The summed E-state index contributed by atoms with van der Waals surface area (Å²) in [6.07, 6.45) is -0.794. The molecule has 30 nitrogen and oxygen atoms in total. The number of nitrogens with zero attached hydrogens (tertiary/aromatic N) is 4. The Morgan fingerprint density at radius 2 is 0.485 bits per heavy atom. The highest BCUT2D eigenvalue weighted by Gasteiger charge is 2.50. The van der Waals surface area contributed by atoms with Crippen molar-refractivity contribution in [1.82, 2.24) is 19.6 Å². The molecule has 2 aliphatic heterocycles. The number of imide groups is 2. The van der Waals surface area contributed by atoms with Crippen LogP contribution in [0.25, 0.3) is 43.1 Å². The Morgan fingerprint density at radius 1 is 0.280 bits per heavy atom. The van der Waals surface area contributed by atoms with Crippen LogP contribution in [0, 0.1) is 55.4 Å². The van der Waals surface area contributed by atoms with E-state index in [2.05, 4.69) is 0 Å². The molecule has 2 heterocycles. The van der Waals surface area contributed by atoms with Gasteiger partial charge in [0.25, 0.3) is 23.6 Å². The van der Waals surface area contributed by atoms with Gasteiger partial charge in [0.1, 0.15) is 83.0 Å². The molecule has 0 N–H and O–H groups in total. The lowest BCUT2D eigenvalue weighted by atomic mass is 9.80. The SMILES string of the molecule is CO[Si](COCCN(CCOC[Si](OC)(OC)OC)C(=O)C(Cc1ccccc1)N1C(=O)c2cc(Oc3cc(C)cc(C)c3)c3c4c(Oc5cc(C)cc(C)c5)cc5c6c(cc(Oc7cc(C)cc(C)c7)c(c7c(Oc8cc(C)cc(C)c8)cc(c2c37)C1=O)c64)C(=O)N(C(Cc1ccccc1)C(=O)N(CCOC[Si](OC)(OC)OC)CCOC[Si](OC)(OC)OC)C5=O)(OC)OC. The van der Waals surface area contributed by atoms with Gasteiger partial charge in [0.2, 0.25) is 11.8 Å². The number of ether oxygens (including phenoxy) is 8. The second kappa shape index (κ2) is 43.1. The first-order valence-corrected chi connectivity index (χ1v) is 50.9. The summed E-state index contributed by atoms with van der Waals surface area (Å²) in [6.45, 7) is 14.5. The lowest BCUT2D eigenvalue weighted by Gasteiger charge is -2.38. The monoisotopic (exact) mass is 1880 g/mol. The second-order valence-corrected chi connectivity index (χ2v) is 44.3. The summed E-state index contributed by atoms with van der Waals surface area (Å²) in [5.74, 6) is -3.43. The lowest BCUT2D eigenvalue weighted by molar-refractivity contribution is -0.137. The summed E-state index contributed by atoms with van der Waals surface area (Å²) in [5.41, 5.74) is 7.46. The molecule has 13 rings (SSSR count). The van der Waals surface area contributed by atoms with Crippen LogP contribution in [0.2, 0.25) is 0 Å². The first kappa shape index (κ1) is 98.9. The van der Waals surface area contributed by atoms with Crippen LogP contribution in [-0.4, -0.2) is 265 Å². The van der Waals surface area contributed by atoms with E-state index in [-0.39, 0.29) is 179 Å². The predicted octanol–water partition coefficient (Wildman–Crippen LogP) is 15.2. The van der Waals surface area contributed by atoms with Crippen LogP contribution in [0.1, 0.15) is 97.1 Å². The number of hydrogen-bond acceptors (Lipinski definition) is 26. The number of carbonyl (C=O) groups is 6. The summed E-state index contributed by atoms with van der Waals surface area (Å²) < 4.78 is 124. The van der Waals surface area contributed by atoms with Gasteiger partial charge >= 0.3 is 35.2 Å². The van der Waals surface area contributed by atoms with Crippen molar-refractivity contribution in [3.63, 3.8) is 0 Å². The summed E-state index contributed by atoms with van der Waals surface area (Å²) in [7, 11) is 4.10. The maximum Gasteiger partial charge on any atom is 0.527 e. The van der Waals surface area contributed by atoms with E-state index in [1.807, 2.05) is 165 Å². The third-order valence-electron chi connectivity index (χ3n) is 23.9. The highest BCUT2D eigenvalue weighted by molar-refractivity contribution is 6.61. The molecule has 0 aliphatic carbocycles. The van der Waals surface area contributed by atoms with Gasteiger partial charge in [-0.15, -0.1) is 0 Å². The molecular formula is C98H116N4O26Si4. The van der Waals surface area contributed by atoms with Crippen LogP contribution < -0.4 is 18.9 Å². The van der Waals surface area contributed by atoms with Gasteiger partial charge in [-0.05, 0) is 184 Å². The topological polar surface area (TPSA) is 300 Å². The Kier molecular flexibility index (Phi) is 32.3. The number of benzene rings is 11. The van der Waals surface area contributed by atoms with E-state index in [1.54, 1.807) is 48.5 Å². The molecule has 0 saturated carbocycles. The fourth-order valence-electron chi connectivity index (χ4n) is 17.4. The molecule has 34 heteroatoms. The van der Waals surface area contributed by atoms with Gasteiger partial charge in [-0.2, -0.15) is 0 Å². The van der Waals surface area contributed by atoms with Crippen LogP contribution >= 0.6 is 0 Å². The van der Waals surface area contributed by atoms with Crippen LogP contribution in [0.5, 0.6) is 46.0 Å². The van der Waals surface area contributed by atoms with Crippen molar-refractivity contribution >= 4 is 114 Å². The number of carbonyl (C=O) groups excluding carboxylic acids is 6. The molecule has 0 saturated heterocycles. The van der Waals surface area contributed by atoms with Crippen LogP contribution in [0.4, 0.5) is 0 Å². The molecule has 0 bridgehead atoms. The van der Waals surface area contributed by atoms with Crippen molar-refractivity contribution in [3.05, 3.63) is 236 Å². The first-order valence-electron chi connectivity index (χ1n) is 43.2. The maximum absolute atomic E-state index is 17.3. The molecule has 0 fully saturated rings. The van der Waals surface area contributed by atoms with Crippen LogP contribution in [0.15, 0.2) is 158 Å². The van der Waals surface area contributed by atoms with Gasteiger partial charge in [-0.1, -0.05) is 84.9 Å². The number of aryl methyl sites for hydroxylation is 8. The van der Waals surface area contributed by atoms with Crippen molar-refractivity contribution < 1.29 is 120 Å². The van der Waals surface area contributed by atoms with Gasteiger partial charge in [0.15, 0.2) is 0 Å². The van der Waals surface area contributed by atoms with Crippen molar-refractivity contribution in [2.75, 3.05) is 163 Å². The zero-order valence-electron chi connectivity index (χ0n) is 78.5. The third kappa shape index (κ3) is 21.1. The van der Waals surface area contributed by atoms with Gasteiger partial charge in [-0.3, -0.25) is 38.6 Å². The van der Waals surface area contributed by atoms with Gasteiger partial charge in [-0.25, -0.2) is 0 Å². The fraction of sp³-hybridized carbons (Fsp3) is 0.367. The number of hydrogen-bond donors (Lipinski definition) is 0. The Morgan fingerprint density at radius 3 is 0.682 bits per heavy atom. The molecule has 132 heavy (non-hydrogen) atoms. The minimum atomic E-state index is -3.35. The Bertz CT molecular complexity index is 5270. The van der Waals surface area contributed by atoms with E-state index in [4.69, 9.17) is 91.0 Å². The summed E-state index contributed by atoms with van der Waals surface area (Å²) >= 11 is 0. The van der Waals surface area contributed by atoms with Gasteiger partial charge < -0.3 is 101 Å². The second-order valence-electron chi connectivity index (χ2n) is 32.8. The van der Waals surface area contributed by atoms with E-state index in [1.165, 1.54) is 95.1 Å². The zero-order valence-corrected chi connectivity index (χ0v) is 82.5. The average molecular weight is 1880 g/mol. The molecule has 0 spiro atoms. The van der Waals surface area contributed by atoms with Crippen LogP contribution in [0.3, 0.4) is 0 Å². The number of fused-ring (bicyclic) bond motifs is 2. The standard InChI is InChI=1S/C98H116N4O26Si4/c1-61-39-62(2)44-71(43-61)125-81-53-75-85-76(94(104)101(93(75)103)79(51-69-27-23-21-24-28-69)97(107)99(31-35-121-57-129(109-9,110-10)111-11)32-36-122-58-130(112-12,113-13)114-14)55-83(127-73-47-65(5)41-66(6)48-73)89-90-84(128-74-49-67(7)42-68(8)50-74)56-78-86-77(54-82(88(92(86)90)87(81)91(85)89)126-72-45-63(3)40-64(4)46-72)95(105)102(96(78)106)80(52-70-29-25-22-26-30-70)98(108)100(33-37-123-59-131(115-15,116-16)117-17)34-38-124-60-132(118-18,119-19)120-20/h21-30,39-50,53-56,79-80H,31-38,51-52,57-60H2,1-20H3. The smallest absolute Gasteiger partial charge is 0.457 e. The Labute approximate surface area is 773 Å². The first-order chi connectivity index (χ1) is 63.5. The number of rotatable bonds is 48. The number of amides is 6. The van der Waals surface area contributed by atoms with Crippen LogP contribution in [-0.2, 0) is 94.5 Å². The maximum atomic E-state index is 17.3. The summed E-state index contributed by atoms with van der Waals surface area (Å²) in [4.78, 5) is 107. The largest absolute Gasteiger partial charge is 0.527 e. The molecule has 0 aromatic heterocycles. The van der Waals surface area contributed by atoms with E-state index in [0.29, 0.717) is 34.1 Å². The van der Waals surface area contributed by atoms with E-state index in [0.717, 1.165) is 54.3 Å². The normalized spacial score (nSPS) is 13.6. The van der Waals surface area contributed by atoms with Gasteiger partial charge in [0, 0.05) is 167 Å². The average Bonchev–Trinajstić information content (AvgIpc) is 0.668. The van der Waals surface area contributed by atoms with E-state index in [9.17, 15) is 0 Å². The van der Waals surface area contributed by atoms with E-state index >= 15 is 28.8 Å². The van der Waals surface area contributed by atoms with Gasteiger partial charge in [0.05, 0.1) is 48.7 Å². The molecule has 11 aromatic rings. The van der Waals surface area contributed by atoms with Crippen molar-refractivity contribution in [2.45, 2.75) is 80.3 Å². The Hall–Kier alpha value is -10.6. The van der Waals surface area contributed by atoms with Crippen molar-refractivity contribution in [2.24, 2.45) is 0 Å². The molecule has 2 aliphatic rings. The predicted molar refractivity (Wildman–Crippen MR) is 504 cm³/mol. The molecule has 2 atom stereocenters. The molecular weight excluding hydrogens is 1760 g/mol. The molecule has 2 unspecified atom stereocenters. The minimum Gasteiger partial charge on any atom is -0.457 e. The highest BCUT2D eigenvalue weighted by Crippen LogP contribution is 2.59. The summed E-state index contributed by atoms with van der Waals surface area (Å²) in [5, 5.41) is 1.59. The van der Waals surface area contributed by atoms with Crippen molar-refractivity contribution in [1.29, 1.82) is 0 Å². The highest BCUT2D eigenvalue weighted by atomic mass is 28.4. The van der Waals surface area contributed by atoms with Crippen molar-refractivity contribution in [3.8, 4) is 46.0 Å². The molecule has 0 radical (unpaired) electrons. The lowest BCUT2D eigenvalue weighted by Crippen LogP contribution is -2.56. The zero-order chi connectivity index (χ0) is 94.7. The Balaban J connectivity index is 1.12.